The molecule has 0 amide bonds. The van der Waals surface area contributed by atoms with Gasteiger partial charge in [0.1, 0.15) is 23.9 Å². The molecule has 0 aliphatic heterocycles. The molecule has 0 bridgehead atoms. The number of hydrogen-bond donors (Lipinski definition) is 0. The molecule has 4 nitrogen and oxygen atoms in total. The Morgan fingerprint density at radius 1 is 0.806 bits per heavy atom. The summed E-state index contributed by atoms with van der Waals surface area (Å²) in [5.41, 5.74) is 4.60. The highest BCUT2D eigenvalue weighted by Crippen LogP contribution is 2.29. The molecule has 0 spiro atoms. The van der Waals surface area contributed by atoms with Gasteiger partial charge in [-0.05, 0) is 77.9 Å². The lowest BCUT2D eigenvalue weighted by molar-refractivity contribution is 0.282. The van der Waals surface area contributed by atoms with Gasteiger partial charge in [0, 0.05) is 6.54 Å². The highest BCUT2D eigenvalue weighted by Gasteiger charge is 2.13. The summed E-state index contributed by atoms with van der Waals surface area (Å²) in [5, 5.41) is 2.44. The van der Waals surface area contributed by atoms with Crippen LogP contribution in [0.3, 0.4) is 0 Å². The van der Waals surface area contributed by atoms with Gasteiger partial charge in [-0.1, -0.05) is 68.4 Å². The first-order valence-electron chi connectivity index (χ1n) is 12.9. The lowest BCUT2D eigenvalue weighted by Crippen LogP contribution is -2.09. The molecule has 0 aliphatic carbocycles. The van der Waals surface area contributed by atoms with Crippen LogP contribution in [0.1, 0.15) is 49.6 Å². The molecule has 0 saturated heterocycles. The Balaban J connectivity index is 1.24. The number of hydrogen-bond acceptors (Lipinski definition) is 3. The number of unbranched alkanes of at least 4 members (excludes halogenated alkanes) is 1. The smallest absolute Gasteiger partial charge is 0.147 e. The van der Waals surface area contributed by atoms with E-state index < -0.39 is 0 Å². The molecule has 184 valence electrons. The first kappa shape index (κ1) is 23.9. The standard InChI is InChI=1S/C32H34N2O2/c1-23(2)28-17-14-24(3)20-31(28)36-22-32-33-29-12-6-7-13-30(29)34(32)18-8-9-19-35-27-16-15-25-10-4-5-11-26(25)21-27/h4-7,10-17,20-21,23H,8-9,18-19,22H2,1-3H3. The van der Waals surface area contributed by atoms with Gasteiger partial charge in [-0.3, -0.25) is 0 Å². The van der Waals surface area contributed by atoms with Crippen LogP contribution in [0, 0.1) is 6.92 Å². The Hall–Kier alpha value is -3.79. The quantitative estimate of drug-likeness (QED) is 0.190. The number of aryl methyl sites for hydroxylation is 2. The van der Waals surface area contributed by atoms with Gasteiger partial charge in [-0.2, -0.15) is 0 Å². The van der Waals surface area contributed by atoms with Crippen molar-refractivity contribution in [3.63, 3.8) is 0 Å². The summed E-state index contributed by atoms with van der Waals surface area (Å²) in [6.07, 6.45) is 1.97. The Kier molecular flexibility index (Phi) is 7.22. The van der Waals surface area contributed by atoms with Crippen LogP contribution in [0.2, 0.25) is 0 Å². The summed E-state index contributed by atoms with van der Waals surface area (Å²) in [7, 11) is 0. The lowest BCUT2D eigenvalue weighted by Gasteiger charge is -2.16. The maximum Gasteiger partial charge on any atom is 0.147 e. The van der Waals surface area contributed by atoms with Gasteiger partial charge in [0.2, 0.25) is 0 Å². The third-order valence-corrected chi connectivity index (χ3v) is 6.65. The minimum atomic E-state index is 0.405. The van der Waals surface area contributed by atoms with Crippen molar-refractivity contribution in [2.75, 3.05) is 6.61 Å². The van der Waals surface area contributed by atoms with Gasteiger partial charge in [-0.25, -0.2) is 4.98 Å². The first-order chi connectivity index (χ1) is 17.6. The van der Waals surface area contributed by atoms with Gasteiger partial charge in [-0.15, -0.1) is 0 Å². The summed E-state index contributed by atoms with van der Waals surface area (Å²) in [6, 6.07) is 29.4. The molecule has 0 aliphatic rings. The second-order valence-corrected chi connectivity index (χ2v) is 9.72. The Bertz CT molecular complexity index is 1470. The number of ether oxygens (including phenoxy) is 2. The third-order valence-electron chi connectivity index (χ3n) is 6.65. The Labute approximate surface area is 213 Å². The molecule has 1 heterocycles. The summed E-state index contributed by atoms with van der Waals surface area (Å²) in [5.74, 6) is 3.24. The highest BCUT2D eigenvalue weighted by atomic mass is 16.5. The van der Waals surface area contributed by atoms with Crippen molar-refractivity contribution in [2.24, 2.45) is 0 Å². The van der Waals surface area contributed by atoms with E-state index in [9.17, 15) is 0 Å². The molecule has 0 fully saturated rings. The molecule has 5 rings (SSSR count). The average molecular weight is 479 g/mol. The molecule has 1 aromatic heterocycles. The molecule has 4 aromatic carbocycles. The zero-order valence-electron chi connectivity index (χ0n) is 21.4. The van der Waals surface area contributed by atoms with Crippen molar-refractivity contribution in [1.82, 2.24) is 9.55 Å². The number of benzene rings is 4. The zero-order chi connectivity index (χ0) is 24.9. The van der Waals surface area contributed by atoms with Gasteiger partial charge in [0.25, 0.3) is 0 Å². The van der Waals surface area contributed by atoms with Crippen LogP contribution in [-0.4, -0.2) is 16.2 Å². The molecule has 0 unspecified atom stereocenters. The van der Waals surface area contributed by atoms with E-state index in [0.717, 1.165) is 47.7 Å². The van der Waals surface area contributed by atoms with Crippen molar-refractivity contribution in [3.05, 3.63) is 102 Å². The SMILES string of the molecule is Cc1ccc(C(C)C)c(OCc2nc3ccccc3n2CCCCOc2ccc3ccccc3c2)c1. The minimum absolute atomic E-state index is 0.405. The zero-order valence-corrected chi connectivity index (χ0v) is 21.4. The van der Waals surface area contributed by atoms with E-state index in [4.69, 9.17) is 14.5 Å². The first-order valence-corrected chi connectivity index (χ1v) is 12.9. The molecular weight excluding hydrogens is 444 g/mol. The van der Waals surface area contributed by atoms with Crippen molar-refractivity contribution < 1.29 is 9.47 Å². The molecule has 5 aromatic rings. The molecule has 0 N–H and O–H groups in total. The van der Waals surface area contributed by atoms with E-state index >= 15 is 0 Å². The topological polar surface area (TPSA) is 36.3 Å². The number of para-hydroxylation sites is 2. The van der Waals surface area contributed by atoms with Crippen LogP contribution >= 0.6 is 0 Å². The maximum absolute atomic E-state index is 6.35. The minimum Gasteiger partial charge on any atom is -0.494 e. The Morgan fingerprint density at radius 3 is 2.47 bits per heavy atom. The molecule has 0 radical (unpaired) electrons. The van der Waals surface area contributed by atoms with Crippen LogP contribution < -0.4 is 9.47 Å². The van der Waals surface area contributed by atoms with Crippen LogP contribution in [0.4, 0.5) is 0 Å². The van der Waals surface area contributed by atoms with E-state index in [1.165, 1.54) is 21.9 Å². The van der Waals surface area contributed by atoms with Crippen LogP contribution in [-0.2, 0) is 13.2 Å². The maximum atomic E-state index is 6.35. The number of rotatable bonds is 10. The fraction of sp³-hybridized carbons (Fsp3) is 0.281. The fourth-order valence-electron chi connectivity index (χ4n) is 4.69. The van der Waals surface area contributed by atoms with E-state index in [1.807, 2.05) is 6.07 Å². The summed E-state index contributed by atoms with van der Waals surface area (Å²) in [4.78, 5) is 4.91. The molecular formula is C32H34N2O2. The van der Waals surface area contributed by atoms with Gasteiger partial charge < -0.3 is 14.0 Å². The predicted octanol–water partition coefficient (Wildman–Crippen LogP) is 8.06. The van der Waals surface area contributed by atoms with E-state index in [2.05, 4.69) is 104 Å². The molecule has 0 atom stereocenters. The van der Waals surface area contributed by atoms with Gasteiger partial charge >= 0.3 is 0 Å². The van der Waals surface area contributed by atoms with Gasteiger partial charge in [0.05, 0.1) is 17.6 Å². The lowest BCUT2D eigenvalue weighted by atomic mass is 10.0. The van der Waals surface area contributed by atoms with E-state index in [0.29, 0.717) is 19.1 Å². The second-order valence-electron chi connectivity index (χ2n) is 9.72. The summed E-state index contributed by atoms with van der Waals surface area (Å²) in [6.45, 7) is 8.53. The largest absolute Gasteiger partial charge is 0.494 e. The van der Waals surface area contributed by atoms with Crippen molar-refractivity contribution in [3.8, 4) is 11.5 Å². The van der Waals surface area contributed by atoms with Crippen LogP contribution in [0.25, 0.3) is 21.8 Å². The number of nitrogens with zero attached hydrogens (tertiary/aromatic N) is 2. The average Bonchev–Trinajstić information content (AvgIpc) is 3.24. The van der Waals surface area contributed by atoms with E-state index in [1.54, 1.807) is 0 Å². The molecule has 4 heteroatoms. The second kappa shape index (κ2) is 10.9. The van der Waals surface area contributed by atoms with Crippen LogP contribution in [0.5, 0.6) is 11.5 Å². The monoisotopic (exact) mass is 478 g/mol. The Morgan fingerprint density at radius 2 is 1.61 bits per heavy atom. The van der Waals surface area contributed by atoms with E-state index in [-0.39, 0.29) is 0 Å². The normalized spacial score (nSPS) is 11.4. The predicted molar refractivity (Wildman–Crippen MR) is 148 cm³/mol. The third kappa shape index (κ3) is 5.38. The van der Waals surface area contributed by atoms with Gasteiger partial charge in [0.15, 0.2) is 0 Å². The fourth-order valence-corrected chi connectivity index (χ4v) is 4.69. The van der Waals surface area contributed by atoms with Crippen molar-refractivity contribution >= 4 is 21.8 Å². The van der Waals surface area contributed by atoms with Crippen molar-refractivity contribution in [1.29, 1.82) is 0 Å². The summed E-state index contributed by atoms with van der Waals surface area (Å²) < 4.78 is 14.7. The number of aromatic nitrogens is 2. The van der Waals surface area contributed by atoms with Crippen LogP contribution in [0.15, 0.2) is 84.9 Å². The summed E-state index contributed by atoms with van der Waals surface area (Å²) >= 11 is 0. The van der Waals surface area contributed by atoms with Crippen molar-refractivity contribution in [2.45, 2.75) is 52.7 Å². The molecule has 0 saturated carbocycles. The highest BCUT2D eigenvalue weighted by molar-refractivity contribution is 5.83. The molecule has 36 heavy (non-hydrogen) atoms. The number of fused-ring (bicyclic) bond motifs is 2. The number of imidazole rings is 1.